The maximum atomic E-state index is 12.4. The zero-order valence-corrected chi connectivity index (χ0v) is 15.4. The van der Waals surface area contributed by atoms with Gasteiger partial charge in [0, 0.05) is 30.9 Å². The van der Waals surface area contributed by atoms with E-state index in [1.807, 2.05) is 37.3 Å². The van der Waals surface area contributed by atoms with Gasteiger partial charge in [0.1, 0.15) is 0 Å². The number of nitrogens with two attached hydrogens (primary N) is 1. The summed E-state index contributed by atoms with van der Waals surface area (Å²) in [5.74, 6) is -0.189. The minimum atomic E-state index is -0.189. The van der Waals surface area contributed by atoms with E-state index < -0.39 is 0 Å². The van der Waals surface area contributed by atoms with Crippen LogP contribution in [0.3, 0.4) is 0 Å². The second-order valence-corrected chi connectivity index (χ2v) is 5.94. The Labute approximate surface area is 159 Å². The van der Waals surface area contributed by atoms with E-state index in [1.54, 1.807) is 17.0 Å². The van der Waals surface area contributed by atoms with E-state index in [1.165, 1.54) is 0 Å². The largest absolute Gasteiger partial charge is 0.338 e. The first-order valence-corrected chi connectivity index (χ1v) is 8.41. The monoisotopic (exact) mass is 374 g/mol. The fourth-order valence-corrected chi connectivity index (χ4v) is 2.91. The molecular weight excluding hydrogens is 352 g/mol. The summed E-state index contributed by atoms with van der Waals surface area (Å²) in [6.45, 7) is 3.57. The summed E-state index contributed by atoms with van der Waals surface area (Å²) in [6.07, 6.45) is 0.821. The van der Waals surface area contributed by atoms with Gasteiger partial charge < -0.3 is 16.4 Å². The van der Waals surface area contributed by atoms with Crippen LogP contribution in [0, 0.1) is 0 Å². The van der Waals surface area contributed by atoms with Gasteiger partial charge in [-0.15, -0.1) is 12.4 Å². The Bertz CT molecular complexity index is 793. The van der Waals surface area contributed by atoms with Crippen LogP contribution >= 0.6 is 12.4 Å². The molecule has 138 valence electrons. The van der Waals surface area contributed by atoms with Crippen molar-refractivity contribution in [3.8, 4) is 0 Å². The molecule has 7 heteroatoms. The van der Waals surface area contributed by atoms with E-state index in [4.69, 9.17) is 5.73 Å². The number of hydrogen-bond acceptors (Lipinski definition) is 3. The second kappa shape index (κ2) is 8.69. The summed E-state index contributed by atoms with van der Waals surface area (Å²) in [5, 5.41) is 5.70. The van der Waals surface area contributed by atoms with Crippen molar-refractivity contribution in [1.29, 1.82) is 0 Å². The first kappa shape index (κ1) is 19.8. The third kappa shape index (κ3) is 4.15. The van der Waals surface area contributed by atoms with Crippen LogP contribution in [0.25, 0.3) is 0 Å². The maximum Gasteiger partial charge on any atom is 0.321 e. The molecule has 0 aromatic heterocycles. The number of hydrogen-bond donors (Lipinski definition) is 3. The molecule has 0 aliphatic carbocycles. The van der Waals surface area contributed by atoms with E-state index in [0.717, 1.165) is 23.2 Å². The lowest BCUT2D eigenvalue weighted by Crippen LogP contribution is -2.38. The molecule has 3 rings (SSSR count). The first-order valence-electron chi connectivity index (χ1n) is 8.41. The zero-order chi connectivity index (χ0) is 17.8. The third-order valence-electron chi connectivity index (χ3n) is 4.26. The maximum absolute atomic E-state index is 12.4. The van der Waals surface area contributed by atoms with Crippen molar-refractivity contribution < 1.29 is 9.59 Å². The normalized spacial score (nSPS) is 12.2. The van der Waals surface area contributed by atoms with E-state index in [9.17, 15) is 9.59 Å². The van der Waals surface area contributed by atoms with Crippen molar-refractivity contribution in [3.05, 3.63) is 59.2 Å². The first-order chi connectivity index (χ1) is 12.1. The number of anilines is 2. The number of fused-ring (bicyclic) bond motifs is 1. The molecule has 0 spiro atoms. The number of benzene rings is 2. The van der Waals surface area contributed by atoms with Gasteiger partial charge in [0.2, 0.25) is 0 Å². The summed E-state index contributed by atoms with van der Waals surface area (Å²) in [4.78, 5) is 26.3. The highest BCUT2D eigenvalue weighted by Gasteiger charge is 2.24. The molecule has 4 N–H and O–H groups in total. The van der Waals surface area contributed by atoms with Gasteiger partial charge in [0.05, 0.1) is 5.69 Å². The lowest BCUT2D eigenvalue weighted by atomic mass is 10.1. The second-order valence-electron chi connectivity index (χ2n) is 5.94. The average molecular weight is 375 g/mol. The van der Waals surface area contributed by atoms with Gasteiger partial charge >= 0.3 is 6.03 Å². The molecule has 2 aromatic carbocycles. The topological polar surface area (TPSA) is 87.5 Å². The molecule has 0 atom stereocenters. The summed E-state index contributed by atoms with van der Waals surface area (Å²) in [6, 6.07) is 12.8. The minimum Gasteiger partial charge on any atom is -0.338 e. The number of halogens is 1. The van der Waals surface area contributed by atoms with Crippen molar-refractivity contribution in [1.82, 2.24) is 5.32 Å². The molecule has 26 heavy (non-hydrogen) atoms. The highest BCUT2D eigenvalue weighted by Crippen LogP contribution is 2.31. The molecule has 1 heterocycles. The summed E-state index contributed by atoms with van der Waals surface area (Å²) in [5.41, 5.74) is 9.75. The van der Waals surface area contributed by atoms with Gasteiger partial charge in [0.15, 0.2) is 0 Å². The molecule has 3 amide bonds. The Morgan fingerprint density at radius 1 is 1.15 bits per heavy atom. The third-order valence-corrected chi connectivity index (χ3v) is 4.26. The highest BCUT2D eigenvalue weighted by atomic mass is 35.5. The predicted octanol–water partition coefficient (Wildman–Crippen LogP) is 2.91. The smallest absolute Gasteiger partial charge is 0.321 e. The Hall–Kier alpha value is -2.57. The molecule has 1 aliphatic rings. The number of amides is 3. The number of carbonyl (C=O) groups excluding carboxylic acids is 2. The van der Waals surface area contributed by atoms with Gasteiger partial charge in [-0.25, -0.2) is 4.79 Å². The molecule has 1 aliphatic heterocycles. The van der Waals surface area contributed by atoms with Crippen LogP contribution in [0.2, 0.25) is 0 Å². The van der Waals surface area contributed by atoms with Crippen LogP contribution in [-0.4, -0.2) is 25.0 Å². The van der Waals surface area contributed by atoms with Gasteiger partial charge in [-0.3, -0.25) is 9.69 Å². The van der Waals surface area contributed by atoms with E-state index in [0.29, 0.717) is 30.9 Å². The molecule has 6 nitrogen and oxygen atoms in total. The quantitative estimate of drug-likeness (QED) is 0.768. The molecule has 0 saturated carbocycles. The number of urea groups is 1. The van der Waals surface area contributed by atoms with Crippen LogP contribution in [0.15, 0.2) is 42.5 Å². The zero-order valence-electron chi connectivity index (χ0n) is 14.6. The summed E-state index contributed by atoms with van der Waals surface area (Å²) >= 11 is 0. The Balaban J connectivity index is 0.00000243. The molecule has 0 unspecified atom stereocenters. The van der Waals surface area contributed by atoms with Crippen LogP contribution in [0.1, 0.15) is 28.4 Å². The molecule has 0 fully saturated rings. The number of nitrogens with zero attached hydrogens (tertiary/aromatic N) is 1. The average Bonchev–Trinajstić information content (AvgIpc) is 3.05. The molecule has 0 bridgehead atoms. The number of nitrogens with one attached hydrogen (secondary N) is 2. The minimum absolute atomic E-state index is 0. The van der Waals surface area contributed by atoms with Gasteiger partial charge in [-0.05, 0) is 48.7 Å². The van der Waals surface area contributed by atoms with Crippen molar-refractivity contribution >= 4 is 35.7 Å². The number of carbonyl (C=O) groups is 2. The summed E-state index contributed by atoms with van der Waals surface area (Å²) < 4.78 is 0. The Kier molecular flexibility index (Phi) is 6.60. The standard InChI is InChI=1S/C19H22N4O2.ClH/c1-2-21-19(25)23-10-9-14-7-8-16(11-17(14)23)22-18(24)15-5-3-13(12-20)4-6-15;/h3-8,11H,2,9-10,12,20H2,1H3,(H,21,25)(H,22,24);1H. The SMILES string of the molecule is CCNC(=O)N1CCc2ccc(NC(=O)c3ccc(CN)cc3)cc21.Cl. The Morgan fingerprint density at radius 3 is 2.54 bits per heavy atom. The fraction of sp³-hybridized carbons (Fsp3) is 0.263. The highest BCUT2D eigenvalue weighted by molar-refractivity contribution is 6.05. The van der Waals surface area contributed by atoms with Crippen molar-refractivity contribution in [2.45, 2.75) is 19.9 Å². The predicted molar refractivity (Wildman–Crippen MR) is 106 cm³/mol. The number of rotatable bonds is 4. The lowest BCUT2D eigenvalue weighted by molar-refractivity contribution is 0.102. The van der Waals surface area contributed by atoms with Crippen LogP contribution < -0.4 is 21.3 Å². The van der Waals surface area contributed by atoms with E-state index in [2.05, 4.69) is 10.6 Å². The fourth-order valence-electron chi connectivity index (χ4n) is 2.91. The van der Waals surface area contributed by atoms with E-state index in [-0.39, 0.29) is 24.3 Å². The van der Waals surface area contributed by atoms with Crippen LogP contribution in [-0.2, 0) is 13.0 Å². The summed E-state index contributed by atoms with van der Waals surface area (Å²) in [7, 11) is 0. The molecular formula is C19H23ClN4O2. The molecule has 0 saturated heterocycles. The van der Waals surface area contributed by atoms with Crippen LogP contribution in [0.4, 0.5) is 16.2 Å². The van der Waals surface area contributed by atoms with Crippen molar-refractivity contribution in [3.63, 3.8) is 0 Å². The Morgan fingerprint density at radius 2 is 1.88 bits per heavy atom. The molecule has 0 radical (unpaired) electrons. The van der Waals surface area contributed by atoms with Gasteiger partial charge in [0.25, 0.3) is 5.91 Å². The van der Waals surface area contributed by atoms with Crippen molar-refractivity contribution in [2.75, 3.05) is 23.3 Å². The molecule has 2 aromatic rings. The lowest BCUT2D eigenvalue weighted by Gasteiger charge is -2.18. The van der Waals surface area contributed by atoms with E-state index >= 15 is 0 Å². The van der Waals surface area contributed by atoms with Crippen molar-refractivity contribution in [2.24, 2.45) is 5.73 Å². The van der Waals surface area contributed by atoms with Crippen LogP contribution in [0.5, 0.6) is 0 Å². The van der Waals surface area contributed by atoms with Gasteiger partial charge in [-0.2, -0.15) is 0 Å². The van der Waals surface area contributed by atoms with Gasteiger partial charge in [-0.1, -0.05) is 18.2 Å².